The van der Waals surface area contributed by atoms with Crippen LogP contribution in [-0.2, 0) is 133 Å². The minimum atomic E-state index is -4.65. The van der Waals surface area contributed by atoms with Crippen LogP contribution in [-0.4, -0.2) is 308 Å². The average Bonchev–Trinajstić information content (AvgIpc) is 1.65. The first-order valence-corrected chi connectivity index (χ1v) is 35.3. The van der Waals surface area contributed by atoms with E-state index >= 15 is 0 Å². The van der Waals surface area contributed by atoms with Gasteiger partial charge in [0.05, 0.1) is 215 Å². The van der Waals surface area contributed by atoms with Crippen molar-refractivity contribution in [3.8, 4) is 0 Å². The molecule has 6 heterocycles. The average molecular weight is 1540 g/mol. The van der Waals surface area contributed by atoms with Crippen molar-refractivity contribution in [2.75, 3.05) is 209 Å². The van der Waals surface area contributed by atoms with E-state index in [1.165, 1.54) is 12.4 Å². The Morgan fingerprint density at radius 2 is 0.850 bits per heavy atom. The molecule has 0 bridgehead atoms. The molecule has 0 spiro atoms. The molecule has 0 radical (unpaired) electrons. The smallest absolute Gasteiger partial charge is 0.434 e. The van der Waals surface area contributed by atoms with Gasteiger partial charge in [0.2, 0.25) is 17.7 Å². The molecule has 4 aliphatic rings. The predicted molar refractivity (Wildman–Crippen MR) is 360 cm³/mol. The van der Waals surface area contributed by atoms with Gasteiger partial charge >= 0.3 is 18.3 Å². The van der Waals surface area contributed by atoms with Crippen LogP contribution in [0.1, 0.15) is 57.5 Å². The Morgan fingerprint density at radius 3 is 1.27 bits per heavy atom. The molecule has 0 aliphatic carbocycles. The summed E-state index contributed by atoms with van der Waals surface area (Å²) in [6.07, 6.45) is -8.88. The second-order valence-corrected chi connectivity index (χ2v) is 25.3. The molecule has 1 aromatic carbocycles. The minimum absolute atomic E-state index is 0.0161. The number of halogens is 6. The molecule has 8 atom stereocenters. The number of hydrogen-bond donors (Lipinski definition) is 5. The van der Waals surface area contributed by atoms with E-state index in [4.69, 9.17) is 94.7 Å². The summed E-state index contributed by atoms with van der Waals surface area (Å²) in [5.74, 6) is -3.64. The third kappa shape index (κ3) is 35.1. The van der Waals surface area contributed by atoms with Crippen molar-refractivity contribution >= 4 is 35.3 Å². The van der Waals surface area contributed by atoms with Crippen LogP contribution in [0, 0.1) is 0 Å². The van der Waals surface area contributed by atoms with Gasteiger partial charge in [-0.05, 0) is 33.3 Å². The molecule has 0 unspecified atom stereocenters. The molecule has 5 N–H and O–H groups in total. The third-order valence-electron chi connectivity index (χ3n) is 15.7. The fraction of sp³-hybridized carbons (Fsp3) is 0.735. The first kappa shape index (κ1) is 87.9. The summed E-state index contributed by atoms with van der Waals surface area (Å²) < 4.78 is 194. The van der Waals surface area contributed by atoms with E-state index in [9.17, 15) is 45.5 Å². The molecule has 0 saturated carbocycles. The van der Waals surface area contributed by atoms with Gasteiger partial charge in [0, 0.05) is 25.9 Å². The van der Waals surface area contributed by atoms with E-state index in [-0.39, 0.29) is 215 Å². The number of carbonyl (C=O) groups excluding carboxylic acids is 4. The topological polar surface area (TPSA) is 365 Å². The van der Waals surface area contributed by atoms with Crippen LogP contribution >= 0.6 is 0 Å². The Kier molecular flexibility index (Phi) is 39.2. The van der Waals surface area contributed by atoms with Crippen LogP contribution in [0.15, 0.2) is 55.1 Å². The normalized spacial score (nSPS) is 21.3. The summed E-state index contributed by atoms with van der Waals surface area (Å²) in [6, 6.07) is 7.44. The summed E-state index contributed by atoms with van der Waals surface area (Å²) in [6.45, 7) is 11.9. The molecule has 4 fully saturated rings. The van der Waals surface area contributed by atoms with Crippen LogP contribution < -0.4 is 26.6 Å². The van der Waals surface area contributed by atoms with Gasteiger partial charge in [-0.2, -0.15) is 26.3 Å². The lowest BCUT2D eigenvalue weighted by Crippen LogP contribution is -2.55. The number of ether oxygens (including phenoxy) is 20. The number of rotatable bonds is 55. The highest BCUT2D eigenvalue weighted by Crippen LogP contribution is 2.39. The Balaban J connectivity index is 0.670. The maximum absolute atomic E-state index is 13.2. The van der Waals surface area contributed by atoms with Gasteiger partial charge in [0.25, 0.3) is 0 Å². The van der Waals surface area contributed by atoms with E-state index < -0.39 is 102 Å². The minimum Gasteiger partial charge on any atom is -0.459 e. The zero-order valence-corrected chi connectivity index (χ0v) is 60.6. The number of alkyl halides is 6. The summed E-state index contributed by atoms with van der Waals surface area (Å²) >= 11 is 0. The van der Waals surface area contributed by atoms with Gasteiger partial charge in [-0.3, -0.25) is 24.4 Å². The van der Waals surface area contributed by atoms with E-state index in [0.29, 0.717) is 38.8 Å². The number of nitrogens with zero attached hydrogens (tertiary/aromatic N) is 4. The molecule has 107 heavy (non-hydrogen) atoms. The highest BCUT2D eigenvalue weighted by atomic mass is 19.4. The fourth-order valence-electron chi connectivity index (χ4n) is 10.8. The number of hydrogen-bond acceptors (Lipinski definition) is 30. The van der Waals surface area contributed by atoms with Gasteiger partial charge < -0.3 is 121 Å². The lowest BCUT2D eigenvalue weighted by molar-refractivity contribution is -0.161. The standard InChI is InChI=1S/C68H101F6N9O24/c1-65(2)104-61-49(80-55-36-75-34-53(82-55)67(69,70)71)41-101-51(63(61)106-65)43-97-30-26-92-24-22-90-20-18-88-16-12-77-57(84)10-14-95-39-48(79-59(86)45-99-32-28-94-29-33-100-46-60(87)103-38-47-8-6-5-7-9-47)40-96-15-11-58(85)78-13-17-89-19-21-91-23-25-93-27-31-98-44-52-64-62(105-66(3,4)107-64)50(42-102-52)81-56-37-76-35-54(83-56)68(72,73)74/h5-9,34-37,48-52,61-64H,10-33,38-46H2,1-4H3,(H,77,84)(H,78,85)(H,79,86)(H,80,82)(H,81,83)/t49-,50-,51+,52+,61+,62+,63-,64-/m0/s1. The lowest BCUT2D eigenvalue weighted by Gasteiger charge is -2.37. The van der Waals surface area contributed by atoms with Gasteiger partial charge in [-0.15, -0.1) is 0 Å². The van der Waals surface area contributed by atoms with Crippen LogP contribution in [0.25, 0.3) is 0 Å². The van der Waals surface area contributed by atoms with Crippen molar-refractivity contribution in [2.45, 2.75) is 126 Å². The van der Waals surface area contributed by atoms with Crippen molar-refractivity contribution in [1.82, 2.24) is 35.9 Å². The number of fused-ring (bicyclic) bond motifs is 2. The molecule has 4 aliphatic heterocycles. The van der Waals surface area contributed by atoms with Crippen LogP contribution in [0.2, 0.25) is 0 Å². The molecule has 33 nitrogen and oxygen atoms in total. The SMILES string of the molecule is CC1(C)O[C@@H]2[C@H](O1)[C@@H](Nc1cncc(C(F)(F)F)n1)CO[C@@H]2COCCOCCOCCOCCNC(=O)CCOCC(COCCC(=O)NCCOCCOCCOCCOC[C@H]1OC[C@H](Nc2cncc(C(F)(F)F)n2)[C@H]2OC(C)(C)O[C@H]21)NC(=O)COCCOCCOCC(=O)OCc1ccccc1. The van der Waals surface area contributed by atoms with E-state index in [1.54, 1.807) is 27.7 Å². The molecule has 39 heteroatoms. The number of nitrogens with one attached hydrogen (secondary N) is 5. The highest BCUT2D eigenvalue weighted by Gasteiger charge is 2.54. The Bertz CT molecular complexity index is 2870. The number of benzene rings is 1. The zero-order valence-electron chi connectivity index (χ0n) is 60.6. The van der Waals surface area contributed by atoms with Crippen molar-refractivity contribution in [3.05, 3.63) is 72.1 Å². The van der Waals surface area contributed by atoms with Crippen molar-refractivity contribution in [1.29, 1.82) is 0 Å². The van der Waals surface area contributed by atoms with Crippen molar-refractivity contribution < 1.29 is 140 Å². The number of aromatic nitrogens is 4. The number of esters is 1. The summed E-state index contributed by atoms with van der Waals surface area (Å²) in [5, 5.41) is 14.2. The second-order valence-electron chi connectivity index (χ2n) is 25.3. The Morgan fingerprint density at radius 1 is 0.467 bits per heavy atom. The summed E-state index contributed by atoms with van der Waals surface area (Å²) in [4.78, 5) is 64.6. The second kappa shape index (κ2) is 47.7. The van der Waals surface area contributed by atoms with Gasteiger partial charge in [-0.25, -0.2) is 14.8 Å². The maximum Gasteiger partial charge on any atom is 0.434 e. The Hall–Kier alpha value is -6.32. The summed E-state index contributed by atoms with van der Waals surface area (Å²) in [7, 11) is 0. The van der Waals surface area contributed by atoms with Crippen LogP contribution in [0.5, 0.6) is 0 Å². The quantitative estimate of drug-likeness (QED) is 0.0308. The number of anilines is 2. The van der Waals surface area contributed by atoms with Crippen molar-refractivity contribution in [2.24, 2.45) is 0 Å². The number of amides is 3. The maximum atomic E-state index is 13.2. The van der Waals surface area contributed by atoms with Gasteiger partial charge in [-0.1, -0.05) is 30.3 Å². The van der Waals surface area contributed by atoms with Gasteiger partial charge in [0.15, 0.2) is 23.0 Å². The molecule has 2 aromatic heterocycles. The molecule has 7 rings (SSSR count). The fourth-order valence-corrected chi connectivity index (χ4v) is 10.8. The third-order valence-corrected chi connectivity index (χ3v) is 15.7. The summed E-state index contributed by atoms with van der Waals surface area (Å²) in [5.41, 5.74) is -1.39. The Labute approximate surface area is 616 Å². The lowest BCUT2D eigenvalue weighted by atomic mass is 9.98. The largest absolute Gasteiger partial charge is 0.459 e. The molecule has 4 saturated heterocycles. The van der Waals surface area contributed by atoms with E-state index in [1.807, 2.05) is 30.3 Å². The van der Waals surface area contributed by atoms with Crippen molar-refractivity contribution in [3.63, 3.8) is 0 Å². The van der Waals surface area contributed by atoms with Crippen LogP contribution in [0.3, 0.4) is 0 Å². The zero-order chi connectivity index (χ0) is 76.6. The molecule has 604 valence electrons. The molecular formula is C68H101F6N9O24. The monoisotopic (exact) mass is 1540 g/mol. The van der Waals surface area contributed by atoms with Crippen LogP contribution in [0.4, 0.5) is 38.0 Å². The number of carbonyl (C=O) groups is 4. The van der Waals surface area contributed by atoms with E-state index in [2.05, 4.69) is 46.5 Å². The first-order valence-electron chi connectivity index (χ1n) is 35.3. The highest BCUT2D eigenvalue weighted by molar-refractivity contribution is 5.77. The molecular weight excluding hydrogens is 1440 g/mol. The predicted octanol–water partition coefficient (Wildman–Crippen LogP) is 2.86. The molecule has 3 aromatic rings. The van der Waals surface area contributed by atoms with E-state index in [0.717, 1.165) is 5.56 Å². The first-order chi connectivity index (χ1) is 51.5. The van der Waals surface area contributed by atoms with Gasteiger partial charge in [0.1, 0.15) is 68.1 Å². The molecule has 3 amide bonds.